The lowest BCUT2D eigenvalue weighted by Gasteiger charge is -2.16. The van der Waals surface area contributed by atoms with Crippen molar-refractivity contribution in [3.8, 4) is 5.75 Å². The van der Waals surface area contributed by atoms with E-state index in [1.807, 2.05) is 12.1 Å². The monoisotopic (exact) mass is 238 g/mol. The van der Waals surface area contributed by atoms with Crippen LogP contribution >= 0.6 is 11.6 Å². The molecule has 16 heavy (non-hydrogen) atoms. The van der Waals surface area contributed by atoms with Gasteiger partial charge in [-0.05, 0) is 29.5 Å². The average Bonchev–Trinajstić information content (AvgIpc) is 2.77. The van der Waals surface area contributed by atoms with Crippen LogP contribution in [0, 0.1) is 11.8 Å². The summed E-state index contributed by atoms with van der Waals surface area (Å²) in [5, 5.41) is 4.15. The zero-order chi connectivity index (χ0) is 11.3. The van der Waals surface area contributed by atoms with E-state index in [-0.39, 0.29) is 0 Å². The van der Waals surface area contributed by atoms with E-state index in [1.165, 1.54) is 5.56 Å². The number of fused-ring (bicyclic) bond motifs is 1. The van der Waals surface area contributed by atoms with Crippen LogP contribution in [0.1, 0.15) is 11.6 Å². The van der Waals surface area contributed by atoms with E-state index >= 15 is 0 Å². The van der Waals surface area contributed by atoms with Crippen molar-refractivity contribution < 1.29 is 4.74 Å². The van der Waals surface area contributed by atoms with Crippen molar-refractivity contribution in [2.45, 2.75) is 12.1 Å². The second kappa shape index (κ2) is 3.62. The number of benzene rings is 1. The summed E-state index contributed by atoms with van der Waals surface area (Å²) >= 11 is 6.12. The topological polar surface area (TPSA) is 47.3 Å². The number of ether oxygens (including phenoxy) is 1. The van der Waals surface area contributed by atoms with E-state index in [0.29, 0.717) is 28.9 Å². The van der Waals surface area contributed by atoms with Crippen LogP contribution in [0.4, 0.5) is 0 Å². The van der Waals surface area contributed by atoms with Crippen molar-refractivity contribution in [1.82, 2.24) is 5.32 Å². The van der Waals surface area contributed by atoms with Crippen molar-refractivity contribution in [3.63, 3.8) is 0 Å². The minimum absolute atomic E-state index is 0.364. The molecule has 3 N–H and O–H groups in total. The lowest BCUT2D eigenvalue weighted by molar-refractivity contribution is 0.414. The second-order valence-corrected chi connectivity index (χ2v) is 5.01. The number of hydrogen-bond donors (Lipinski definition) is 2. The second-order valence-electron chi connectivity index (χ2n) is 4.60. The van der Waals surface area contributed by atoms with Crippen LogP contribution < -0.4 is 15.8 Å². The highest BCUT2D eigenvalue weighted by Crippen LogP contribution is 2.51. The molecule has 4 atom stereocenters. The minimum Gasteiger partial charge on any atom is -0.495 e. The minimum atomic E-state index is 0.364. The Kier molecular flexibility index (Phi) is 2.35. The Balaban J connectivity index is 1.87. The van der Waals surface area contributed by atoms with Gasteiger partial charge < -0.3 is 15.8 Å². The number of halogens is 1. The first-order chi connectivity index (χ1) is 7.72. The Morgan fingerprint density at radius 2 is 2.31 bits per heavy atom. The predicted octanol–water partition coefficient (Wildman–Crippen LogP) is 1.57. The molecule has 3 rings (SSSR count). The van der Waals surface area contributed by atoms with Gasteiger partial charge in [-0.15, -0.1) is 0 Å². The highest BCUT2D eigenvalue weighted by atomic mass is 35.5. The molecule has 4 heteroatoms. The van der Waals surface area contributed by atoms with Gasteiger partial charge in [-0.2, -0.15) is 0 Å². The molecule has 4 unspecified atom stereocenters. The number of piperidine rings is 1. The van der Waals surface area contributed by atoms with Crippen molar-refractivity contribution in [2.24, 2.45) is 17.6 Å². The zero-order valence-electron chi connectivity index (χ0n) is 9.11. The Hall–Kier alpha value is -0.770. The third-order valence-corrected chi connectivity index (χ3v) is 4.08. The van der Waals surface area contributed by atoms with Crippen molar-refractivity contribution in [3.05, 3.63) is 28.8 Å². The van der Waals surface area contributed by atoms with Crippen molar-refractivity contribution >= 4 is 11.6 Å². The number of nitrogens with one attached hydrogen (secondary N) is 1. The maximum atomic E-state index is 6.12. The molecule has 0 amide bonds. The first kappa shape index (κ1) is 10.4. The fourth-order valence-electron chi connectivity index (χ4n) is 2.79. The molecular weight excluding hydrogens is 224 g/mol. The van der Waals surface area contributed by atoms with E-state index < -0.39 is 0 Å². The molecule has 2 aliphatic rings. The fourth-order valence-corrected chi connectivity index (χ4v) is 3.05. The van der Waals surface area contributed by atoms with Gasteiger partial charge in [0.05, 0.1) is 12.1 Å². The van der Waals surface area contributed by atoms with Crippen LogP contribution in [0.25, 0.3) is 0 Å². The number of hydrogen-bond acceptors (Lipinski definition) is 3. The summed E-state index contributed by atoms with van der Waals surface area (Å²) in [6.45, 7) is 1.03. The molecule has 1 aliphatic heterocycles. The van der Waals surface area contributed by atoms with Gasteiger partial charge in [0, 0.05) is 18.6 Å². The smallest absolute Gasteiger partial charge is 0.137 e. The molecule has 1 saturated heterocycles. The van der Waals surface area contributed by atoms with Gasteiger partial charge in [0.15, 0.2) is 0 Å². The van der Waals surface area contributed by atoms with E-state index in [0.717, 1.165) is 12.3 Å². The molecule has 1 aromatic carbocycles. The molecule has 0 radical (unpaired) electrons. The Morgan fingerprint density at radius 3 is 2.88 bits per heavy atom. The zero-order valence-corrected chi connectivity index (χ0v) is 9.87. The lowest BCUT2D eigenvalue weighted by Crippen LogP contribution is -2.25. The molecule has 1 aromatic rings. The van der Waals surface area contributed by atoms with Crippen LogP contribution in [0.15, 0.2) is 18.2 Å². The molecule has 86 valence electrons. The summed E-state index contributed by atoms with van der Waals surface area (Å²) in [6, 6.07) is 6.69. The molecule has 3 nitrogen and oxygen atoms in total. The maximum absolute atomic E-state index is 6.12. The Morgan fingerprint density at radius 1 is 1.50 bits per heavy atom. The van der Waals surface area contributed by atoms with Gasteiger partial charge >= 0.3 is 0 Å². The van der Waals surface area contributed by atoms with Crippen LogP contribution in [0.2, 0.25) is 5.02 Å². The number of nitrogens with two attached hydrogens (primary N) is 1. The van der Waals surface area contributed by atoms with Crippen LogP contribution in [-0.2, 0) is 0 Å². The van der Waals surface area contributed by atoms with Gasteiger partial charge in [-0.25, -0.2) is 0 Å². The summed E-state index contributed by atoms with van der Waals surface area (Å²) in [7, 11) is 1.63. The highest BCUT2D eigenvalue weighted by Gasteiger charge is 2.56. The molecule has 1 aliphatic carbocycles. The Labute approximate surface area is 99.9 Å². The highest BCUT2D eigenvalue weighted by molar-refractivity contribution is 6.32. The van der Waals surface area contributed by atoms with E-state index in [2.05, 4.69) is 11.4 Å². The molecule has 0 aromatic heterocycles. The molecule has 0 spiro atoms. The van der Waals surface area contributed by atoms with Gasteiger partial charge in [-0.1, -0.05) is 17.7 Å². The molecule has 1 heterocycles. The summed E-state index contributed by atoms with van der Waals surface area (Å²) in [6.07, 6.45) is 0. The first-order valence-electron chi connectivity index (χ1n) is 5.55. The third-order valence-electron chi connectivity index (χ3n) is 3.79. The summed E-state index contributed by atoms with van der Waals surface area (Å²) < 4.78 is 5.14. The Bertz CT molecular complexity index is 423. The fraction of sp³-hybridized carbons (Fsp3) is 0.500. The summed E-state index contributed by atoms with van der Waals surface area (Å²) in [5.74, 6) is 1.97. The first-order valence-corrected chi connectivity index (χ1v) is 5.92. The third kappa shape index (κ3) is 1.43. The summed E-state index contributed by atoms with van der Waals surface area (Å²) in [4.78, 5) is 0. The SMILES string of the molecule is COc1ccc(C2NCC3C(N)C23)cc1Cl. The van der Waals surface area contributed by atoms with Gasteiger partial charge in [0.2, 0.25) is 0 Å². The van der Waals surface area contributed by atoms with Gasteiger partial charge in [0.25, 0.3) is 0 Å². The maximum Gasteiger partial charge on any atom is 0.137 e. The average molecular weight is 239 g/mol. The normalized spacial score (nSPS) is 35.9. The van der Waals surface area contributed by atoms with Crippen LogP contribution in [-0.4, -0.2) is 19.7 Å². The van der Waals surface area contributed by atoms with E-state index in [4.69, 9.17) is 22.1 Å². The van der Waals surface area contributed by atoms with E-state index in [1.54, 1.807) is 7.11 Å². The quantitative estimate of drug-likeness (QED) is 0.822. The summed E-state index contributed by atoms with van der Waals surface area (Å²) in [5.41, 5.74) is 7.21. The van der Waals surface area contributed by atoms with Gasteiger partial charge in [0.1, 0.15) is 5.75 Å². The molecule has 2 fully saturated rings. The molecule has 0 bridgehead atoms. The number of rotatable bonds is 2. The standard InChI is InChI=1S/C12H15ClN2O/c1-16-9-3-2-6(4-8(9)13)12-10-7(5-15-12)11(10)14/h2-4,7,10-12,15H,5,14H2,1H3. The van der Waals surface area contributed by atoms with Crippen molar-refractivity contribution in [1.29, 1.82) is 0 Å². The van der Waals surface area contributed by atoms with Gasteiger partial charge in [-0.3, -0.25) is 0 Å². The largest absolute Gasteiger partial charge is 0.495 e. The van der Waals surface area contributed by atoms with E-state index in [9.17, 15) is 0 Å². The van der Waals surface area contributed by atoms with Crippen molar-refractivity contribution in [2.75, 3.05) is 13.7 Å². The molecular formula is C12H15ClN2O. The van der Waals surface area contributed by atoms with Crippen LogP contribution in [0.3, 0.4) is 0 Å². The number of methoxy groups -OCH3 is 1. The van der Waals surface area contributed by atoms with Crippen LogP contribution in [0.5, 0.6) is 5.75 Å². The predicted molar refractivity (Wildman–Crippen MR) is 63.7 cm³/mol. The molecule has 1 saturated carbocycles. The lowest BCUT2D eigenvalue weighted by atomic mass is 10.0.